The highest BCUT2D eigenvalue weighted by Gasteiger charge is 2.44. The molecule has 0 bridgehead atoms. The van der Waals surface area contributed by atoms with Crippen LogP contribution in [0, 0.1) is 12.8 Å². The number of ether oxygens (including phenoxy) is 1. The second-order valence-electron chi connectivity index (χ2n) is 12.1. The van der Waals surface area contributed by atoms with Gasteiger partial charge in [-0.1, -0.05) is 58.5 Å². The summed E-state index contributed by atoms with van der Waals surface area (Å²) in [6.07, 6.45) is 5.86. The van der Waals surface area contributed by atoms with E-state index in [1.165, 1.54) is 17.1 Å². The highest BCUT2D eigenvalue weighted by atomic mass is 32.2. The fourth-order valence-electron chi connectivity index (χ4n) is 4.88. The van der Waals surface area contributed by atoms with Gasteiger partial charge < -0.3 is 24.3 Å². The normalized spacial score (nSPS) is 17.9. The predicted octanol–water partition coefficient (Wildman–Crippen LogP) is 6.27. The zero-order valence-electron chi connectivity index (χ0n) is 24.9. The molecule has 0 radical (unpaired) electrons. The first-order valence-corrected chi connectivity index (χ1v) is 16.2. The lowest BCUT2D eigenvalue weighted by Crippen LogP contribution is -2.44. The number of nitrogen functional groups attached to an aromatic ring is 1. The molecule has 0 spiro atoms. The molecule has 9 nitrogen and oxygen atoms in total. The van der Waals surface area contributed by atoms with E-state index in [-0.39, 0.29) is 34.6 Å². The summed E-state index contributed by atoms with van der Waals surface area (Å²) in [7, 11) is -3.96. The van der Waals surface area contributed by atoms with Gasteiger partial charge >= 0.3 is 16.1 Å². The Balaban J connectivity index is 1.61. The summed E-state index contributed by atoms with van der Waals surface area (Å²) < 4.78 is 38.6. The Morgan fingerprint density at radius 2 is 1.90 bits per heavy atom. The van der Waals surface area contributed by atoms with Crippen LogP contribution in [0.1, 0.15) is 64.2 Å². The van der Waals surface area contributed by atoms with E-state index in [1.807, 2.05) is 58.9 Å². The van der Waals surface area contributed by atoms with Crippen molar-refractivity contribution in [2.75, 3.05) is 5.73 Å². The first-order chi connectivity index (χ1) is 19.6. The maximum atomic E-state index is 13.4. The molecule has 0 saturated carbocycles. The standard InChI is InChI=1S/C31H39N3O6S2/c1-20(2)31(12-11-22-7-9-23(32)10-8-22)17-25(35)28(29(36)39-31)41-27-15-21(3)26(16-24(27)30(4,5)6)40-42(37,38)19-34-14-13-33-18-34/h7-10,13-16,18,20,35H,11-12,17,19,32H2,1-6H3. The molecule has 3 N–H and O–H groups in total. The van der Waals surface area contributed by atoms with Gasteiger partial charge in [0, 0.05) is 29.4 Å². The Bertz CT molecular complexity index is 1570. The molecular weight excluding hydrogens is 574 g/mol. The van der Waals surface area contributed by atoms with E-state index in [0.29, 0.717) is 29.0 Å². The predicted molar refractivity (Wildman–Crippen MR) is 165 cm³/mol. The molecule has 1 aliphatic heterocycles. The van der Waals surface area contributed by atoms with Crippen LogP contribution in [0.4, 0.5) is 5.69 Å². The topological polar surface area (TPSA) is 134 Å². The third-order valence-electron chi connectivity index (χ3n) is 7.46. The lowest BCUT2D eigenvalue weighted by atomic mass is 9.80. The summed E-state index contributed by atoms with van der Waals surface area (Å²) in [4.78, 5) is 18.2. The molecular formula is C31H39N3O6S2. The number of hydrogen-bond donors (Lipinski definition) is 2. The van der Waals surface area contributed by atoms with E-state index in [0.717, 1.165) is 22.9 Å². The zero-order valence-corrected chi connectivity index (χ0v) is 26.5. The molecule has 226 valence electrons. The van der Waals surface area contributed by atoms with E-state index in [9.17, 15) is 18.3 Å². The quantitative estimate of drug-likeness (QED) is 0.154. The summed E-state index contributed by atoms with van der Waals surface area (Å²) >= 11 is 1.13. The number of benzene rings is 2. The highest BCUT2D eigenvalue weighted by molar-refractivity contribution is 8.04. The Hall–Kier alpha value is -3.44. The maximum absolute atomic E-state index is 13.4. The van der Waals surface area contributed by atoms with E-state index in [4.69, 9.17) is 14.7 Å². The molecule has 0 amide bonds. The van der Waals surface area contributed by atoms with Crippen molar-refractivity contribution in [2.45, 2.75) is 82.6 Å². The first-order valence-electron chi connectivity index (χ1n) is 13.8. The van der Waals surface area contributed by atoms with Crippen molar-refractivity contribution in [2.24, 2.45) is 5.92 Å². The van der Waals surface area contributed by atoms with Crippen molar-refractivity contribution in [1.29, 1.82) is 0 Å². The summed E-state index contributed by atoms with van der Waals surface area (Å²) in [5, 5.41) is 11.2. The number of rotatable bonds is 10. The van der Waals surface area contributed by atoms with Crippen molar-refractivity contribution >= 4 is 33.5 Å². The van der Waals surface area contributed by atoms with E-state index in [1.54, 1.807) is 25.3 Å². The van der Waals surface area contributed by atoms with Crippen LogP contribution in [0.5, 0.6) is 5.75 Å². The number of aromatic nitrogens is 2. The molecule has 4 rings (SSSR count). The SMILES string of the molecule is Cc1cc(SC2=C(O)CC(CCc3ccc(N)cc3)(C(C)C)OC2=O)c(C(C)(C)C)cc1OS(=O)(=O)Cn1ccnc1. The third-order valence-corrected chi connectivity index (χ3v) is 9.67. The number of aryl methyl sites for hydroxylation is 2. The minimum Gasteiger partial charge on any atom is -0.511 e. The molecule has 1 aliphatic rings. The van der Waals surface area contributed by atoms with Crippen LogP contribution in [0.3, 0.4) is 0 Å². The molecule has 11 heteroatoms. The summed E-state index contributed by atoms with van der Waals surface area (Å²) in [6.45, 7) is 11.7. The Morgan fingerprint density at radius 1 is 1.21 bits per heavy atom. The molecule has 1 unspecified atom stereocenters. The van der Waals surface area contributed by atoms with Crippen LogP contribution in [-0.4, -0.2) is 34.6 Å². The maximum Gasteiger partial charge on any atom is 0.349 e. The number of carbonyl (C=O) groups is 1. The van der Waals surface area contributed by atoms with Crippen molar-refractivity contribution in [1.82, 2.24) is 9.55 Å². The molecule has 0 fully saturated rings. The van der Waals surface area contributed by atoms with Gasteiger partial charge in [0.2, 0.25) is 0 Å². The van der Waals surface area contributed by atoms with Crippen molar-refractivity contribution < 1.29 is 27.2 Å². The Morgan fingerprint density at radius 3 is 2.48 bits per heavy atom. The number of carbonyl (C=O) groups excluding carboxylic acids is 1. The fourth-order valence-corrected chi connectivity index (χ4v) is 7.15. The van der Waals surface area contributed by atoms with E-state index >= 15 is 0 Å². The largest absolute Gasteiger partial charge is 0.511 e. The van der Waals surface area contributed by atoms with Gasteiger partial charge in [0.1, 0.15) is 22.0 Å². The summed E-state index contributed by atoms with van der Waals surface area (Å²) in [6, 6.07) is 11.1. The van der Waals surface area contributed by atoms with Crippen molar-refractivity contribution in [3.05, 3.63) is 82.5 Å². The molecule has 0 aliphatic carbocycles. The number of esters is 1. The Labute approximate surface area is 252 Å². The average Bonchev–Trinajstić information content (AvgIpc) is 3.38. The smallest absolute Gasteiger partial charge is 0.349 e. The first kappa shape index (κ1) is 31.5. The number of anilines is 1. The van der Waals surface area contributed by atoms with Gasteiger partial charge in [0.15, 0.2) is 5.88 Å². The lowest BCUT2D eigenvalue weighted by Gasteiger charge is -2.40. The molecule has 2 heterocycles. The molecule has 3 aromatic rings. The third kappa shape index (κ3) is 7.30. The van der Waals surface area contributed by atoms with Crippen molar-refractivity contribution in [3.63, 3.8) is 0 Å². The molecule has 1 atom stereocenters. The lowest BCUT2D eigenvalue weighted by molar-refractivity contribution is -0.164. The van der Waals surface area contributed by atoms with Gasteiger partial charge in [-0.15, -0.1) is 0 Å². The van der Waals surface area contributed by atoms with Gasteiger partial charge in [0.05, 0.1) is 6.33 Å². The van der Waals surface area contributed by atoms with E-state index < -0.39 is 27.1 Å². The van der Waals surface area contributed by atoms with Crippen LogP contribution in [0.15, 0.2) is 70.7 Å². The van der Waals surface area contributed by atoms with Gasteiger partial charge in [-0.3, -0.25) is 0 Å². The van der Waals surface area contributed by atoms with Gasteiger partial charge in [-0.25, -0.2) is 9.78 Å². The Kier molecular flexibility index (Phi) is 9.03. The number of aliphatic hydroxyl groups is 1. The van der Waals surface area contributed by atoms with Crippen LogP contribution in [-0.2, 0) is 37.4 Å². The monoisotopic (exact) mass is 613 g/mol. The number of hydrogen-bond acceptors (Lipinski definition) is 9. The van der Waals surface area contributed by atoms with Crippen LogP contribution < -0.4 is 9.92 Å². The number of aliphatic hydroxyl groups excluding tert-OH is 1. The second kappa shape index (κ2) is 12.0. The van der Waals surface area contributed by atoms with Gasteiger partial charge in [0.25, 0.3) is 0 Å². The number of nitrogens with two attached hydrogens (primary N) is 1. The van der Waals surface area contributed by atoms with Gasteiger partial charge in [-0.05, 0) is 72.1 Å². The van der Waals surface area contributed by atoms with Crippen LogP contribution in [0.2, 0.25) is 0 Å². The number of nitrogens with zero attached hydrogens (tertiary/aromatic N) is 2. The number of thioether (sulfide) groups is 1. The zero-order chi connectivity index (χ0) is 30.9. The minimum atomic E-state index is -3.96. The highest BCUT2D eigenvalue weighted by Crippen LogP contribution is 2.46. The molecule has 2 aromatic carbocycles. The van der Waals surface area contributed by atoms with Crippen molar-refractivity contribution in [3.8, 4) is 5.75 Å². The van der Waals surface area contributed by atoms with Gasteiger partial charge in [-0.2, -0.15) is 8.42 Å². The second-order valence-corrected chi connectivity index (χ2v) is 14.7. The number of cyclic esters (lactones) is 1. The summed E-state index contributed by atoms with van der Waals surface area (Å²) in [5.41, 5.74) is 7.63. The summed E-state index contributed by atoms with van der Waals surface area (Å²) in [5.74, 6) is -0.790. The van der Waals surface area contributed by atoms with Crippen LogP contribution >= 0.6 is 11.8 Å². The molecule has 1 aromatic heterocycles. The minimum absolute atomic E-state index is 0.0111. The number of imidazole rings is 1. The average molecular weight is 614 g/mol. The fraction of sp³-hybridized carbons (Fsp3) is 0.419. The van der Waals surface area contributed by atoms with E-state index in [2.05, 4.69) is 4.98 Å². The molecule has 0 saturated heterocycles. The van der Waals surface area contributed by atoms with Crippen LogP contribution in [0.25, 0.3) is 0 Å². The molecule has 42 heavy (non-hydrogen) atoms.